The molecule has 3 rings (SSSR count). The Kier molecular flexibility index (Phi) is 3.83. The minimum absolute atomic E-state index is 0.0999. The molecule has 6 nitrogen and oxygen atoms in total. The molecule has 0 unspecified atom stereocenters. The lowest BCUT2D eigenvalue weighted by Crippen LogP contribution is -2.16. The van der Waals surface area contributed by atoms with Crippen LogP contribution in [-0.4, -0.2) is 13.0 Å². The summed E-state index contributed by atoms with van der Waals surface area (Å²) in [5.74, 6) is 0. The number of hydrogen-bond acceptors (Lipinski definition) is 3. The van der Waals surface area contributed by atoms with E-state index >= 15 is 0 Å². The number of hydrogen-bond donors (Lipinski definition) is 1. The van der Waals surface area contributed by atoms with E-state index in [9.17, 15) is 13.2 Å². The van der Waals surface area contributed by atoms with Gasteiger partial charge in [-0.15, -0.1) is 0 Å². The topological polar surface area (TPSA) is 72.5 Å². The molecule has 120 valence electrons. The van der Waals surface area contributed by atoms with Crippen molar-refractivity contribution in [2.45, 2.75) is 4.90 Å². The average Bonchev–Trinajstić information content (AvgIpc) is 2.58. The maximum absolute atomic E-state index is 12.5. The van der Waals surface area contributed by atoms with Crippen LogP contribution in [0.3, 0.4) is 0 Å². The molecule has 2 aromatic carbocycles. The fraction of sp³-hybridized carbons (Fsp3) is 0.0588. The summed E-state index contributed by atoms with van der Waals surface area (Å²) in [4.78, 5) is 15.0. The smallest absolute Gasteiger partial charge is 0.261 e. The Bertz CT molecular complexity index is 1120. The fourth-order valence-electron chi connectivity index (χ4n) is 2.35. The molecule has 1 aromatic heterocycles. The van der Waals surface area contributed by atoms with Crippen LogP contribution in [0.1, 0.15) is 0 Å². The van der Waals surface area contributed by atoms with Crippen LogP contribution in [0.2, 0.25) is 0 Å². The Morgan fingerprint density at radius 2 is 1.75 bits per heavy atom. The van der Waals surface area contributed by atoms with Crippen LogP contribution in [0, 0.1) is 6.57 Å². The number of benzene rings is 2. The molecule has 7 heteroatoms. The zero-order valence-electron chi connectivity index (χ0n) is 12.7. The molecule has 0 aliphatic rings. The molecule has 0 spiro atoms. The van der Waals surface area contributed by atoms with Crippen molar-refractivity contribution in [3.05, 3.63) is 76.4 Å². The molecule has 0 amide bonds. The van der Waals surface area contributed by atoms with E-state index < -0.39 is 10.0 Å². The number of nitrogens with one attached hydrogen (secondary N) is 1. The molecule has 0 saturated carbocycles. The zero-order valence-corrected chi connectivity index (χ0v) is 13.5. The van der Waals surface area contributed by atoms with Crippen molar-refractivity contribution in [1.29, 1.82) is 0 Å². The van der Waals surface area contributed by atoms with Crippen molar-refractivity contribution in [2.75, 3.05) is 4.72 Å². The highest BCUT2D eigenvalue weighted by molar-refractivity contribution is 7.92. The predicted octanol–water partition coefficient (Wildman–Crippen LogP) is 2.89. The molecule has 0 bridgehead atoms. The summed E-state index contributed by atoms with van der Waals surface area (Å²) in [6.45, 7) is 6.90. The number of fused-ring (bicyclic) bond motifs is 1. The normalized spacial score (nSPS) is 11.2. The van der Waals surface area contributed by atoms with Gasteiger partial charge in [0.05, 0.1) is 17.0 Å². The van der Waals surface area contributed by atoms with Gasteiger partial charge in [0.1, 0.15) is 0 Å². The second kappa shape index (κ2) is 5.83. The van der Waals surface area contributed by atoms with E-state index in [1.807, 2.05) is 0 Å². The SMILES string of the molecule is [C-]#[N+]c1ccc(NS(=O)(=O)c2ccc3c(ccc(=O)n3C)c2)cc1. The van der Waals surface area contributed by atoms with E-state index in [0.717, 1.165) is 0 Å². The maximum Gasteiger partial charge on any atom is 0.261 e. The third-order valence-electron chi connectivity index (χ3n) is 3.66. The van der Waals surface area contributed by atoms with Gasteiger partial charge in [-0.25, -0.2) is 13.3 Å². The standard InChI is InChI=1S/C17H13N3O3S/c1-18-13-4-6-14(7-5-13)19-24(22,23)15-8-9-16-12(11-15)3-10-17(21)20(16)2/h3-11,19H,2H3. The number of aromatic nitrogens is 1. The molecule has 0 fully saturated rings. The predicted molar refractivity (Wildman–Crippen MR) is 92.7 cm³/mol. The lowest BCUT2D eigenvalue weighted by molar-refractivity contribution is 0.601. The summed E-state index contributed by atoms with van der Waals surface area (Å²) >= 11 is 0. The van der Waals surface area contributed by atoms with Gasteiger partial charge in [-0.2, -0.15) is 0 Å². The molecule has 1 N–H and O–H groups in total. The van der Waals surface area contributed by atoms with Crippen molar-refractivity contribution in [1.82, 2.24) is 4.57 Å². The molecule has 0 aliphatic carbocycles. The lowest BCUT2D eigenvalue weighted by atomic mass is 10.2. The third-order valence-corrected chi connectivity index (χ3v) is 5.03. The van der Waals surface area contributed by atoms with Gasteiger partial charge >= 0.3 is 0 Å². The van der Waals surface area contributed by atoms with Crippen LogP contribution in [0.15, 0.2) is 64.3 Å². The first kappa shape index (κ1) is 15.8. The maximum atomic E-state index is 12.5. The van der Waals surface area contributed by atoms with Crippen LogP contribution < -0.4 is 10.3 Å². The Hall–Kier alpha value is -3.11. The van der Waals surface area contributed by atoms with E-state index in [4.69, 9.17) is 6.57 Å². The highest BCUT2D eigenvalue weighted by atomic mass is 32.2. The molecule has 24 heavy (non-hydrogen) atoms. The summed E-state index contributed by atoms with van der Waals surface area (Å²) in [6.07, 6.45) is 0. The van der Waals surface area contributed by atoms with Gasteiger partial charge in [0, 0.05) is 18.8 Å². The van der Waals surface area contributed by atoms with Crippen molar-refractivity contribution in [3.8, 4) is 0 Å². The molecule has 0 saturated heterocycles. The van der Waals surface area contributed by atoms with Crippen molar-refractivity contribution in [2.24, 2.45) is 7.05 Å². The van der Waals surface area contributed by atoms with Gasteiger partial charge in [-0.1, -0.05) is 12.1 Å². The summed E-state index contributed by atoms with van der Waals surface area (Å²) < 4.78 is 29.0. The Morgan fingerprint density at radius 1 is 1.04 bits per heavy atom. The quantitative estimate of drug-likeness (QED) is 0.746. The van der Waals surface area contributed by atoms with Crippen molar-refractivity contribution in [3.63, 3.8) is 0 Å². The molecule has 0 aliphatic heterocycles. The van der Waals surface area contributed by atoms with Crippen LogP contribution >= 0.6 is 0 Å². The zero-order chi connectivity index (χ0) is 17.3. The van der Waals surface area contributed by atoms with Gasteiger partial charge in [0.15, 0.2) is 5.69 Å². The van der Waals surface area contributed by atoms with Crippen LogP contribution in [0.25, 0.3) is 15.7 Å². The van der Waals surface area contributed by atoms with E-state index in [2.05, 4.69) is 9.57 Å². The lowest BCUT2D eigenvalue weighted by Gasteiger charge is -2.10. The molecule has 3 aromatic rings. The Labute approximate surface area is 138 Å². The second-order valence-corrected chi connectivity index (χ2v) is 6.90. The van der Waals surface area contributed by atoms with Gasteiger partial charge in [-0.3, -0.25) is 9.52 Å². The van der Waals surface area contributed by atoms with E-state index in [1.165, 1.54) is 34.9 Å². The monoisotopic (exact) mass is 339 g/mol. The highest BCUT2D eigenvalue weighted by Crippen LogP contribution is 2.22. The number of anilines is 1. The number of nitrogens with zero attached hydrogens (tertiary/aromatic N) is 2. The van der Waals surface area contributed by atoms with Crippen molar-refractivity contribution >= 4 is 32.3 Å². The summed E-state index contributed by atoms with van der Waals surface area (Å²) in [5.41, 5.74) is 1.31. The van der Waals surface area contributed by atoms with E-state index in [1.54, 1.807) is 31.3 Å². The first-order valence-corrected chi connectivity index (χ1v) is 8.49. The molecular weight excluding hydrogens is 326 g/mol. The molecule has 0 atom stereocenters. The minimum atomic E-state index is -3.76. The third kappa shape index (κ3) is 2.87. The minimum Gasteiger partial charge on any atom is -0.311 e. The number of rotatable bonds is 3. The van der Waals surface area contributed by atoms with Crippen LogP contribution in [0.4, 0.5) is 11.4 Å². The number of aryl methyl sites for hydroxylation is 1. The molecule has 0 radical (unpaired) electrons. The summed E-state index contributed by atoms with van der Waals surface area (Å²) in [6, 6.07) is 13.7. The van der Waals surface area contributed by atoms with Crippen LogP contribution in [0.5, 0.6) is 0 Å². The van der Waals surface area contributed by atoms with E-state index in [0.29, 0.717) is 22.3 Å². The molecule has 1 heterocycles. The van der Waals surface area contributed by atoms with Crippen molar-refractivity contribution < 1.29 is 8.42 Å². The first-order chi connectivity index (χ1) is 11.4. The van der Waals surface area contributed by atoms with Gasteiger partial charge in [0.2, 0.25) is 0 Å². The van der Waals surface area contributed by atoms with E-state index in [-0.39, 0.29) is 10.5 Å². The molecular formula is C17H13N3O3S. The second-order valence-electron chi connectivity index (χ2n) is 5.22. The largest absolute Gasteiger partial charge is 0.311 e. The number of pyridine rings is 1. The van der Waals surface area contributed by atoms with Gasteiger partial charge < -0.3 is 4.57 Å². The first-order valence-electron chi connectivity index (χ1n) is 7.01. The van der Waals surface area contributed by atoms with Crippen LogP contribution in [-0.2, 0) is 17.1 Å². The summed E-state index contributed by atoms with van der Waals surface area (Å²) in [7, 11) is -2.13. The van der Waals surface area contributed by atoms with Gasteiger partial charge in [-0.05, 0) is 41.8 Å². The Morgan fingerprint density at radius 3 is 2.42 bits per heavy atom. The van der Waals surface area contributed by atoms with Gasteiger partial charge in [0.25, 0.3) is 15.6 Å². The highest BCUT2D eigenvalue weighted by Gasteiger charge is 2.15. The Balaban J connectivity index is 2.00. The number of sulfonamides is 1. The average molecular weight is 339 g/mol. The fourth-order valence-corrected chi connectivity index (χ4v) is 3.44. The summed E-state index contributed by atoms with van der Waals surface area (Å²) in [5, 5.41) is 0.656.